The van der Waals surface area contributed by atoms with E-state index >= 15 is 0 Å². The van der Waals surface area contributed by atoms with E-state index in [1.807, 2.05) is 219 Å². The van der Waals surface area contributed by atoms with Crippen LogP contribution in [0, 0.1) is 59.9 Å². The molecule has 6 N–H and O–H groups in total. The third-order valence-electron chi connectivity index (χ3n) is 19.2. The third-order valence-corrected chi connectivity index (χ3v) is 19.2. The van der Waals surface area contributed by atoms with Crippen molar-refractivity contribution in [1.82, 2.24) is 26.2 Å². The van der Waals surface area contributed by atoms with E-state index in [0.717, 1.165) is 63.2 Å². The zero-order valence-corrected chi connectivity index (χ0v) is 65.2. The number of carbonyl (C=O) groups excluding carboxylic acids is 8. The number of likely N-dealkylation sites (tertiary alicyclic amines) is 1. The number of benzene rings is 8. The smallest absolute Gasteiger partial charge is 0.407 e. The largest absolute Gasteiger partial charge is 0.497 e. The van der Waals surface area contributed by atoms with Crippen LogP contribution in [0.25, 0.3) is 0 Å². The molecule has 14 atom stereocenters. The first kappa shape index (κ1) is 90.3. The number of nitrogens with zero attached hydrogens (tertiary/aromatic N) is 4. The number of hydrogen-bond donors (Lipinski definition) is 5. The van der Waals surface area contributed by atoms with Crippen LogP contribution in [-0.4, -0.2) is 125 Å². The Hall–Kier alpha value is -12.6. The molecule has 0 saturated carbocycles. The van der Waals surface area contributed by atoms with Gasteiger partial charge >= 0.3 is 18.0 Å². The molecule has 0 bridgehead atoms. The Morgan fingerprint density at radius 3 is 1.39 bits per heavy atom. The lowest BCUT2D eigenvalue weighted by atomic mass is 9.95. The average Bonchev–Trinajstić information content (AvgIpc) is 1.62. The van der Waals surface area contributed by atoms with E-state index in [4.69, 9.17) is 24.7 Å². The number of hydrogen-bond acceptors (Lipinski definition) is 20. The van der Waals surface area contributed by atoms with Crippen molar-refractivity contribution in [2.75, 3.05) is 27.4 Å². The number of methoxy groups -OCH3 is 2. The van der Waals surface area contributed by atoms with Crippen LogP contribution in [0.1, 0.15) is 135 Å². The number of nitro groups is 3. The number of nitrogens with two attached hydrogens (primary N) is 1. The van der Waals surface area contributed by atoms with Gasteiger partial charge in [0.05, 0.1) is 50.3 Å². The maximum atomic E-state index is 12.7. The SMILES string of the molecule is CC(=O)OCc1ccccc1.CC1CCCO1.COC(=O)C(C)C[N+](=O)[O-].COc1ccc(CN2C(=O)[C@@H](C)[C@H]([N+](=O)[O-])[C@H]2c2ccccc2)cc1.C[C@@H]1C(=O)NC(c2ccccc2)[C@H]1N.C[C@@H]1C(=O)N[C@H](c2ccccc2)[C@H]1NC(=O)OCc1ccccc1.C[C@@H]1C(=O)N[C@H](c2ccccc2)[C@H]1[N+](=O)[O-].O=Cc1ccccc1. The van der Waals surface area contributed by atoms with Crippen LogP contribution in [-0.2, 0) is 67.5 Å². The zero-order chi connectivity index (χ0) is 83.2. The van der Waals surface area contributed by atoms with Crippen molar-refractivity contribution in [1.29, 1.82) is 0 Å². The minimum Gasteiger partial charge on any atom is -0.497 e. The molecule has 8 aromatic rings. The predicted molar refractivity (Wildman–Crippen MR) is 426 cm³/mol. The second kappa shape index (κ2) is 47.0. The molecule has 5 saturated heterocycles. The van der Waals surface area contributed by atoms with Crippen LogP contribution in [0.3, 0.4) is 0 Å². The van der Waals surface area contributed by atoms with Gasteiger partial charge in [-0.25, -0.2) is 4.79 Å². The molecule has 5 heterocycles. The van der Waals surface area contributed by atoms with E-state index in [1.54, 1.807) is 57.0 Å². The highest BCUT2D eigenvalue weighted by atomic mass is 16.6. The van der Waals surface area contributed by atoms with E-state index < -0.39 is 58.9 Å². The van der Waals surface area contributed by atoms with Crippen molar-refractivity contribution in [3.63, 3.8) is 0 Å². The number of alkyl carbamates (subject to hydrolysis) is 1. The molecule has 604 valence electrons. The minimum absolute atomic E-state index is 0.0290. The first-order valence-corrected chi connectivity index (χ1v) is 37.2. The molecule has 114 heavy (non-hydrogen) atoms. The fraction of sp³-hybridized carbons (Fsp3) is 0.349. The normalized spacial score (nSPS) is 22.1. The second-order valence-corrected chi connectivity index (χ2v) is 27.4. The van der Waals surface area contributed by atoms with Gasteiger partial charge in [-0.15, -0.1) is 0 Å². The molecule has 13 rings (SSSR count). The number of amides is 5. The van der Waals surface area contributed by atoms with E-state index in [-0.39, 0.29) is 88.6 Å². The third kappa shape index (κ3) is 28.3. The molecule has 5 aliphatic heterocycles. The van der Waals surface area contributed by atoms with Gasteiger partial charge in [0.2, 0.25) is 42.3 Å². The van der Waals surface area contributed by atoms with Crippen LogP contribution >= 0.6 is 0 Å². The second-order valence-electron chi connectivity index (χ2n) is 27.4. The van der Waals surface area contributed by atoms with E-state index in [2.05, 4.69) is 32.9 Å². The molecule has 28 nitrogen and oxygen atoms in total. The summed E-state index contributed by atoms with van der Waals surface area (Å²) in [5, 5.41) is 43.8. The number of carbonyl (C=O) groups is 8. The van der Waals surface area contributed by atoms with Gasteiger partial charge < -0.3 is 55.6 Å². The standard InChI is InChI=1S/C19H20N2O4.C19H20N2O3.C11H12N2O3.C11H14N2O.C9H10O2.C7H6O.C5H9NO4.C5H10O/c1-13-17(21(23)24)18(15-6-4-3-5-7-15)20(19(13)22)12-14-8-10-16(25-2)11-9-14;1-13-16(17(20-18(13)22)15-10-6-3-7-11-15)21-19(23)24-12-14-8-4-2-5-9-14;1-7-10(13(15)16)9(12-11(7)14)8-5-3-2-4-6-8;1-7-9(12)10(13-11(7)14)8-5-3-2-4-6-8;1-8(10)11-7-9-5-3-2-4-6-9;8-6-7-4-2-1-3-5-7;1-4(3-6(8)9)5(7)10-2;1-5-3-2-4-6-5/h3-11,13,17-18H,12H2,1-2H3;2-11,13,16-17H,12H2,1H3,(H,20,22)(H,21,23);2-7,9-10H,1H3,(H,12,14);2-7,9-10H,12H2,1H3,(H,13,14);2-6H,7H2,1H3;1-6H;4H,3H2,1-2H3;5H,2-4H2,1H3/t13-,17-,18+;13-,16-,17+;7-,9+,10-;7-,9-,10?;;;;/m0000..../s1. The number of aldehydes is 1. The van der Waals surface area contributed by atoms with E-state index in [9.17, 15) is 68.7 Å². The van der Waals surface area contributed by atoms with Gasteiger partial charge in [-0.1, -0.05) is 238 Å². The van der Waals surface area contributed by atoms with Crippen molar-refractivity contribution in [2.24, 2.45) is 35.3 Å². The molecule has 5 fully saturated rings. The van der Waals surface area contributed by atoms with Gasteiger partial charge in [-0.3, -0.25) is 63.9 Å². The predicted octanol–water partition coefficient (Wildman–Crippen LogP) is 12.3. The molecule has 5 aliphatic rings. The molecular formula is C86H101N9O19. The zero-order valence-electron chi connectivity index (χ0n) is 65.2. The molecule has 0 aliphatic carbocycles. The first-order valence-electron chi connectivity index (χ1n) is 37.2. The van der Waals surface area contributed by atoms with Crippen LogP contribution in [0.5, 0.6) is 5.75 Å². The van der Waals surface area contributed by atoms with Gasteiger partial charge in [0.1, 0.15) is 55.1 Å². The summed E-state index contributed by atoms with van der Waals surface area (Å²) in [4.78, 5) is 123. The summed E-state index contributed by atoms with van der Waals surface area (Å²) in [6.45, 7) is 13.4. The Kier molecular flexibility index (Phi) is 37.2. The Morgan fingerprint density at radius 2 is 0.982 bits per heavy atom. The van der Waals surface area contributed by atoms with Crippen LogP contribution in [0.15, 0.2) is 237 Å². The molecule has 0 aromatic heterocycles. The van der Waals surface area contributed by atoms with Gasteiger partial charge in [0, 0.05) is 46.5 Å². The molecule has 28 heteroatoms. The van der Waals surface area contributed by atoms with Gasteiger partial charge in [-0.2, -0.15) is 0 Å². The minimum atomic E-state index is -0.951. The lowest BCUT2D eigenvalue weighted by molar-refractivity contribution is -0.532. The highest BCUT2D eigenvalue weighted by Gasteiger charge is 2.54. The molecule has 5 amide bonds. The fourth-order valence-corrected chi connectivity index (χ4v) is 12.7. The molecule has 8 aromatic carbocycles. The monoisotopic (exact) mass is 1560 g/mol. The number of esters is 2. The summed E-state index contributed by atoms with van der Waals surface area (Å²) in [5.74, 6) is -2.83. The summed E-state index contributed by atoms with van der Waals surface area (Å²) in [5.41, 5.74) is 13.1. The van der Waals surface area contributed by atoms with Crippen LogP contribution < -0.4 is 31.7 Å². The van der Waals surface area contributed by atoms with Gasteiger partial charge in [0.25, 0.3) is 0 Å². The lowest BCUT2D eigenvalue weighted by Gasteiger charge is -2.25. The van der Waals surface area contributed by atoms with E-state index in [0.29, 0.717) is 19.3 Å². The summed E-state index contributed by atoms with van der Waals surface area (Å²) in [6, 6.07) is 69.6. The van der Waals surface area contributed by atoms with Crippen LogP contribution in [0.2, 0.25) is 0 Å². The van der Waals surface area contributed by atoms with Gasteiger partial charge in [-0.05, 0) is 91.6 Å². The molecule has 3 unspecified atom stereocenters. The Balaban J connectivity index is 0.000000211. The number of ether oxygens (including phenoxy) is 5. The maximum Gasteiger partial charge on any atom is 0.407 e. The maximum absolute atomic E-state index is 12.7. The molecular weight excluding hydrogens is 1460 g/mol. The van der Waals surface area contributed by atoms with Crippen molar-refractivity contribution < 1.29 is 76.8 Å². The summed E-state index contributed by atoms with van der Waals surface area (Å²) >= 11 is 0. The Bertz CT molecular complexity index is 4330. The summed E-state index contributed by atoms with van der Waals surface area (Å²) in [6.07, 6.45) is 3.39. The van der Waals surface area contributed by atoms with Crippen molar-refractivity contribution in [3.05, 3.63) is 311 Å². The van der Waals surface area contributed by atoms with E-state index in [1.165, 1.54) is 33.8 Å². The number of rotatable bonds is 18. The number of nitrogens with one attached hydrogen (secondary N) is 4. The van der Waals surface area contributed by atoms with Crippen LogP contribution in [0.4, 0.5) is 4.79 Å². The Morgan fingerprint density at radius 1 is 0.553 bits per heavy atom. The summed E-state index contributed by atoms with van der Waals surface area (Å²) in [7, 11) is 2.80. The van der Waals surface area contributed by atoms with Crippen molar-refractivity contribution in [2.45, 2.75) is 136 Å². The first-order chi connectivity index (χ1) is 54.7. The molecule has 0 radical (unpaired) electrons. The highest BCUT2D eigenvalue weighted by Crippen LogP contribution is 2.40. The average molecular weight is 1560 g/mol. The van der Waals surface area contributed by atoms with Crippen molar-refractivity contribution >= 4 is 47.9 Å². The summed E-state index contributed by atoms with van der Waals surface area (Å²) < 4.78 is 24.6. The molecule has 0 spiro atoms. The Labute approximate surface area is 663 Å². The van der Waals surface area contributed by atoms with Crippen molar-refractivity contribution in [3.8, 4) is 5.75 Å². The topological polar surface area (TPSA) is 390 Å². The van der Waals surface area contributed by atoms with Gasteiger partial charge in [0.15, 0.2) is 0 Å². The quantitative estimate of drug-likeness (QED) is 0.0175. The highest BCUT2D eigenvalue weighted by molar-refractivity contribution is 5.85. The fourth-order valence-electron chi connectivity index (χ4n) is 12.7. The lowest BCUT2D eigenvalue weighted by Crippen LogP contribution is -2.41.